The third-order valence-electron chi connectivity index (χ3n) is 2.31. The van der Waals surface area contributed by atoms with Crippen LogP contribution in [0.4, 0.5) is 9.59 Å². The van der Waals surface area contributed by atoms with Crippen molar-refractivity contribution in [3.63, 3.8) is 0 Å². The van der Waals surface area contributed by atoms with Crippen molar-refractivity contribution < 1.29 is 19.1 Å². The van der Waals surface area contributed by atoms with Gasteiger partial charge in [-0.3, -0.25) is 4.90 Å². The zero-order valence-electron chi connectivity index (χ0n) is 10.0. The lowest BCUT2D eigenvalue weighted by Crippen LogP contribution is -2.45. The average Bonchev–Trinajstić information content (AvgIpc) is 2.30. The Labute approximate surface area is 100 Å². The molecule has 0 spiro atoms. The van der Waals surface area contributed by atoms with Gasteiger partial charge in [0.1, 0.15) is 0 Å². The molecule has 2 N–H and O–H groups in total. The van der Waals surface area contributed by atoms with Crippen molar-refractivity contribution in [1.82, 2.24) is 15.5 Å². The van der Waals surface area contributed by atoms with E-state index in [2.05, 4.69) is 20.3 Å². The molecule has 1 aliphatic rings. The monoisotopic (exact) mass is 245 g/mol. The first-order valence-corrected chi connectivity index (χ1v) is 5.74. The third-order valence-corrected chi connectivity index (χ3v) is 2.31. The summed E-state index contributed by atoms with van der Waals surface area (Å²) in [6, 6.07) is -0.531. The zero-order valence-corrected chi connectivity index (χ0v) is 10.0. The maximum atomic E-state index is 11.2. The summed E-state index contributed by atoms with van der Waals surface area (Å²) in [5.41, 5.74) is 0. The summed E-state index contributed by atoms with van der Waals surface area (Å²) >= 11 is 0. The van der Waals surface area contributed by atoms with Crippen LogP contribution in [-0.2, 0) is 9.47 Å². The Bertz CT molecular complexity index is 254. The number of alkyl carbamates (subject to hydrolysis) is 1. The molecule has 1 aliphatic heterocycles. The van der Waals surface area contributed by atoms with Crippen LogP contribution in [0.2, 0.25) is 0 Å². The molecule has 0 aromatic carbocycles. The smallest absolute Gasteiger partial charge is 0.415 e. The molecule has 3 amide bonds. The lowest BCUT2D eigenvalue weighted by Gasteiger charge is -2.26. The molecule has 0 bridgehead atoms. The Morgan fingerprint density at radius 1 is 1.35 bits per heavy atom. The fourth-order valence-electron chi connectivity index (χ4n) is 1.46. The first-order chi connectivity index (χ1) is 8.22. The van der Waals surface area contributed by atoms with E-state index in [9.17, 15) is 9.59 Å². The van der Waals surface area contributed by atoms with Crippen molar-refractivity contribution >= 4 is 12.1 Å². The molecule has 17 heavy (non-hydrogen) atoms. The number of rotatable bonds is 4. The molecule has 0 aliphatic carbocycles. The summed E-state index contributed by atoms with van der Waals surface area (Å²) in [5, 5.41) is 4.65. The van der Waals surface area contributed by atoms with E-state index in [0.29, 0.717) is 6.54 Å². The molecule has 7 nitrogen and oxygen atoms in total. The van der Waals surface area contributed by atoms with Gasteiger partial charge in [-0.25, -0.2) is 14.9 Å². The number of ether oxygens (including phenoxy) is 2. The molecule has 1 saturated heterocycles. The van der Waals surface area contributed by atoms with E-state index in [1.54, 1.807) is 6.92 Å². The van der Waals surface area contributed by atoms with Crippen LogP contribution in [0.5, 0.6) is 0 Å². The van der Waals surface area contributed by atoms with Crippen molar-refractivity contribution in [2.45, 2.75) is 6.92 Å². The predicted molar refractivity (Wildman–Crippen MR) is 60.8 cm³/mol. The number of nitrogens with zero attached hydrogens (tertiary/aromatic N) is 1. The van der Waals surface area contributed by atoms with Gasteiger partial charge in [0, 0.05) is 26.2 Å². The molecule has 0 aromatic rings. The number of carbonyl (C=O) groups excluding carboxylic acids is 2. The minimum Gasteiger partial charge on any atom is -0.450 e. The highest BCUT2D eigenvalue weighted by atomic mass is 16.5. The number of nitrogens with one attached hydrogen (secondary N) is 2. The van der Waals surface area contributed by atoms with E-state index in [1.165, 1.54) is 0 Å². The van der Waals surface area contributed by atoms with E-state index in [-0.39, 0.29) is 6.61 Å². The predicted octanol–water partition coefficient (Wildman–Crippen LogP) is -0.226. The molecular weight excluding hydrogens is 226 g/mol. The Balaban J connectivity index is 2.05. The van der Waals surface area contributed by atoms with Crippen molar-refractivity contribution in [2.24, 2.45) is 0 Å². The molecule has 0 radical (unpaired) electrons. The molecule has 98 valence electrons. The SMILES string of the molecule is CCOC(=O)NC(=O)NCCN1CCOCC1. The molecule has 1 heterocycles. The van der Waals surface area contributed by atoms with Gasteiger partial charge in [-0.1, -0.05) is 0 Å². The highest BCUT2D eigenvalue weighted by Gasteiger charge is 2.11. The van der Waals surface area contributed by atoms with Gasteiger partial charge in [-0.05, 0) is 6.92 Å². The van der Waals surface area contributed by atoms with Crippen LogP contribution in [0.1, 0.15) is 6.92 Å². The zero-order chi connectivity index (χ0) is 12.5. The first kappa shape index (κ1) is 13.7. The Hall–Kier alpha value is -1.34. The molecule has 0 aromatic heterocycles. The van der Waals surface area contributed by atoms with Crippen molar-refractivity contribution in [2.75, 3.05) is 46.0 Å². The van der Waals surface area contributed by atoms with Gasteiger partial charge in [0.2, 0.25) is 0 Å². The lowest BCUT2D eigenvalue weighted by molar-refractivity contribution is 0.0387. The van der Waals surface area contributed by atoms with Gasteiger partial charge in [0.15, 0.2) is 0 Å². The van der Waals surface area contributed by atoms with Gasteiger partial charge in [0.25, 0.3) is 0 Å². The molecule has 0 saturated carbocycles. The van der Waals surface area contributed by atoms with Crippen molar-refractivity contribution in [3.05, 3.63) is 0 Å². The van der Waals surface area contributed by atoms with Crippen LogP contribution in [0.25, 0.3) is 0 Å². The standard InChI is InChI=1S/C10H19N3O4/c1-2-17-10(15)12-9(14)11-3-4-13-5-7-16-8-6-13/h2-8H2,1H3,(H2,11,12,14,15). The van der Waals surface area contributed by atoms with E-state index >= 15 is 0 Å². The summed E-state index contributed by atoms with van der Waals surface area (Å²) < 4.78 is 9.78. The van der Waals surface area contributed by atoms with E-state index in [0.717, 1.165) is 32.8 Å². The van der Waals surface area contributed by atoms with E-state index < -0.39 is 12.1 Å². The molecular formula is C10H19N3O4. The highest BCUT2D eigenvalue weighted by Crippen LogP contribution is 1.94. The number of hydrogen-bond acceptors (Lipinski definition) is 5. The number of hydrogen-bond donors (Lipinski definition) is 2. The Morgan fingerprint density at radius 2 is 2.06 bits per heavy atom. The van der Waals surface area contributed by atoms with Gasteiger partial charge >= 0.3 is 12.1 Å². The second-order valence-corrected chi connectivity index (χ2v) is 3.56. The summed E-state index contributed by atoms with van der Waals surface area (Å²) in [6.07, 6.45) is -0.726. The lowest BCUT2D eigenvalue weighted by atomic mass is 10.4. The topological polar surface area (TPSA) is 79.9 Å². The molecule has 1 fully saturated rings. The first-order valence-electron chi connectivity index (χ1n) is 5.74. The number of carbonyl (C=O) groups is 2. The van der Waals surface area contributed by atoms with Crippen LogP contribution >= 0.6 is 0 Å². The summed E-state index contributed by atoms with van der Waals surface area (Å²) in [7, 11) is 0. The largest absolute Gasteiger partial charge is 0.450 e. The minimum absolute atomic E-state index is 0.243. The van der Waals surface area contributed by atoms with Crippen LogP contribution in [0.15, 0.2) is 0 Å². The number of morpholine rings is 1. The molecule has 7 heteroatoms. The Morgan fingerprint density at radius 3 is 2.71 bits per heavy atom. The van der Waals surface area contributed by atoms with E-state index in [4.69, 9.17) is 4.74 Å². The highest BCUT2D eigenvalue weighted by molar-refractivity contribution is 5.90. The second kappa shape index (κ2) is 7.86. The maximum absolute atomic E-state index is 11.2. The normalized spacial score (nSPS) is 16.3. The molecule has 1 rings (SSSR count). The van der Waals surface area contributed by atoms with Gasteiger partial charge < -0.3 is 14.8 Å². The van der Waals surface area contributed by atoms with Crippen LogP contribution in [-0.4, -0.2) is 63.0 Å². The summed E-state index contributed by atoms with van der Waals surface area (Å²) in [5.74, 6) is 0. The van der Waals surface area contributed by atoms with Crippen molar-refractivity contribution in [1.29, 1.82) is 0 Å². The van der Waals surface area contributed by atoms with Gasteiger partial charge in [-0.2, -0.15) is 0 Å². The number of amides is 3. The second-order valence-electron chi connectivity index (χ2n) is 3.56. The fraction of sp³-hybridized carbons (Fsp3) is 0.800. The maximum Gasteiger partial charge on any atom is 0.415 e. The van der Waals surface area contributed by atoms with Crippen LogP contribution in [0.3, 0.4) is 0 Å². The fourth-order valence-corrected chi connectivity index (χ4v) is 1.46. The van der Waals surface area contributed by atoms with Crippen LogP contribution in [0, 0.1) is 0 Å². The number of imide groups is 1. The molecule has 0 atom stereocenters. The van der Waals surface area contributed by atoms with E-state index in [1.807, 2.05) is 0 Å². The summed E-state index contributed by atoms with van der Waals surface area (Å²) in [6.45, 7) is 6.38. The Kier molecular flexibility index (Phi) is 6.34. The minimum atomic E-state index is -0.726. The summed E-state index contributed by atoms with van der Waals surface area (Å²) in [4.78, 5) is 24.3. The van der Waals surface area contributed by atoms with Gasteiger partial charge in [0.05, 0.1) is 19.8 Å². The van der Waals surface area contributed by atoms with Crippen molar-refractivity contribution in [3.8, 4) is 0 Å². The quantitative estimate of drug-likeness (QED) is 0.715. The third kappa shape index (κ3) is 6.08. The average molecular weight is 245 g/mol. The number of urea groups is 1. The van der Waals surface area contributed by atoms with Gasteiger partial charge in [-0.15, -0.1) is 0 Å². The van der Waals surface area contributed by atoms with Crippen LogP contribution < -0.4 is 10.6 Å². The molecule has 0 unspecified atom stereocenters.